The van der Waals surface area contributed by atoms with Gasteiger partial charge in [-0.25, -0.2) is 15.0 Å². The molecule has 0 spiro atoms. The number of fused-ring (bicyclic) bond motifs is 3. The predicted octanol–water partition coefficient (Wildman–Crippen LogP) is 12.2. The summed E-state index contributed by atoms with van der Waals surface area (Å²) >= 11 is 0.909. The highest BCUT2D eigenvalue weighted by Crippen LogP contribution is 2.39. The van der Waals surface area contributed by atoms with Crippen molar-refractivity contribution in [2.24, 2.45) is 0 Å². The van der Waals surface area contributed by atoms with Crippen LogP contribution in [0, 0.1) is 0 Å². The zero-order valence-electron chi connectivity index (χ0n) is 36.6. The summed E-state index contributed by atoms with van der Waals surface area (Å²) in [4.78, 5) is 14.7. The molecule has 0 radical (unpaired) electrons. The van der Waals surface area contributed by atoms with Crippen molar-refractivity contribution >= 4 is 31.5 Å². The molecule has 4 heteroatoms. The molecular weight excluding hydrogens is 615 g/mol. The largest absolute Gasteiger partial charge is 0.208 e. The zero-order chi connectivity index (χ0) is 42.1. The lowest BCUT2D eigenvalue weighted by atomic mass is 9.94. The first kappa shape index (κ1) is 19.6. The van der Waals surface area contributed by atoms with E-state index in [0.717, 1.165) is 33.6 Å². The van der Waals surface area contributed by atoms with Crippen LogP contribution in [-0.4, -0.2) is 15.0 Å². The molecule has 0 N–H and O–H groups in total. The third-order valence-electron chi connectivity index (χ3n) is 8.10. The molecule has 9 rings (SSSR count). The second-order valence-corrected chi connectivity index (χ2v) is 12.2. The van der Waals surface area contributed by atoms with E-state index in [1.54, 1.807) is 0 Å². The SMILES string of the molecule is [2H]c1c([2H])c([2H])c(-c2c([2H])c([2H])c3sc4c([2H])c(-c5nc(-c6ccccc6)nc(-c6ccc(-c7ccccc7)cc6-c6ccccc6)n5)c([2H])c([2H])c4c3c2[2H])c([2H])c1[2H]. The molecule has 9 aromatic rings. The molecule has 230 valence electrons. The van der Waals surface area contributed by atoms with Crippen LogP contribution < -0.4 is 0 Å². The molecule has 0 atom stereocenters. The Morgan fingerprint density at radius 1 is 0.388 bits per heavy atom. The van der Waals surface area contributed by atoms with E-state index >= 15 is 0 Å². The third kappa shape index (κ3) is 5.58. The van der Waals surface area contributed by atoms with Gasteiger partial charge in [-0.2, -0.15) is 0 Å². The van der Waals surface area contributed by atoms with Crippen LogP contribution in [0.5, 0.6) is 0 Å². The van der Waals surface area contributed by atoms with Gasteiger partial charge in [-0.05, 0) is 63.6 Å². The van der Waals surface area contributed by atoms with E-state index in [-0.39, 0.29) is 60.9 Å². The van der Waals surface area contributed by atoms with Crippen molar-refractivity contribution in [2.45, 2.75) is 0 Å². The Labute approximate surface area is 304 Å². The maximum atomic E-state index is 9.56. The molecule has 0 saturated carbocycles. The summed E-state index contributed by atoms with van der Waals surface area (Å²) in [6, 6.07) is 29.3. The fourth-order valence-electron chi connectivity index (χ4n) is 5.73. The molecule has 7 aromatic carbocycles. The number of hydrogen-bond acceptors (Lipinski definition) is 4. The van der Waals surface area contributed by atoms with Gasteiger partial charge in [-0.15, -0.1) is 11.3 Å². The minimum Gasteiger partial charge on any atom is -0.208 e. The fraction of sp³-hybridized carbons (Fsp3) is 0. The molecule has 49 heavy (non-hydrogen) atoms. The third-order valence-corrected chi connectivity index (χ3v) is 9.12. The van der Waals surface area contributed by atoms with Gasteiger partial charge in [0.05, 0.1) is 15.1 Å². The maximum absolute atomic E-state index is 9.56. The van der Waals surface area contributed by atoms with Crippen molar-refractivity contribution < 1.29 is 15.1 Å². The summed E-state index contributed by atoms with van der Waals surface area (Å²) in [7, 11) is 0. The molecule has 2 aromatic heterocycles. The molecular formula is C45H29N3S. The zero-order valence-corrected chi connectivity index (χ0v) is 26.5. The van der Waals surface area contributed by atoms with Gasteiger partial charge in [0.15, 0.2) is 17.5 Å². The first-order valence-corrected chi connectivity index (χ1v) is 16.3. The average Bonchev–Trinajstić information content (AvgIpc) is 3.70. The summed E-state index contributed by atoms with van der Waals surface area (Å²) in [5.74, 6) is 0.502. The van der Waals surface area contributed by atoms with Crippen molar-refractivity contribution in [3.63, 3.8) is 0 Å². The van der Waals surface area contributed by atoms with E-state index < -0.39 is 59.9 Å². The minimum absolute atomic E-state index is 0.00120. The normalized spacial score (nSPS) is 14.4. The topological polar surface area (TPSA) is 38.7 Å². The molecule has 0 amide bonds. The van der Waals surface area contributed by atoms with E-state index in [1.165, 1.54) is 0 Å². The molecule has 0 unspecified atom stereocenters. The number of benzene rings is 7. The molecule has 0 aliphatic heterocycles. The molecule has 3 nitrogen and oxygen atoms in total. The van der Waals surface area contributed by atoms with Crippen LogP contribution in [0.3, 0.4) is 0 Å². The van der Waals surface area contributed by atoms with Gasteiger partial charge >= 0.3 is 0 Å². The Bertz CT molecular complexity index is 3190. The Balaban J connectivity index is 1.31. The van der Waals surface area contributed by atoms with Crippen molar-refractivity contribution in [2.75, 3.05) is 0 Å². The first-order chi connectivity index (χ1) is 28.9. The molecule has 0 aliphatic rings. The van der Waals surface area contributed by atoms with Crippen LogP contribution in [0.15, 0.2) is 176 Å². The molecule has 2 heterocycles. The Morgan fingerprint density at radius 2 is 1.02 bits per heavy atom. The monoisotopic (exact) mass is 654 g/mol. The number of rotatable bonds is 6. The van der Waals surface area contributed by atoms with Crippen molar-refractivity contribution in [3.05, 3.63) is 176 Å². The number of aromatic nitrogens is 3. The Morgan fingerprint density at radius 3 is 1.76 bits per heavy atom. The van der Waals surface area contributed by atoms with Gasteiger partial charge in [0.1, 0.15) is 0 Å². The molecule has 0 fully saturated rings. The van der Waals surface area contributed by atoms with Crippen LogP contribution in [0.4, 0.5) is 0 Å². The maximum Gasteiger partial charge on any atom is 0.164 e. The van der Waals surface area contributed by atoms with Gasteiger partial charge < -0.3 is 0 Å². The van der Waals surface area contributed by atoms with Crippen LogP contribution in [0.1, 0.15) is 15.1 Å². The highest BCUT2D eigenvalue weighted by molar-refractivity contribution is 7.25. The van der Waals surface area contributed by atoms with E-state index in [4.69, 9.17) is 24.5 Å². The number of thiophene rings is 1. The van der Waals surface area contributed by atoms with Crippen molar-refractivity contribution in [1.29, 1.82) is 0 Å². The van der Waals surface area contributed by atoms with Gasteiger partial charge in [0.25, 0.3) is 0 Å². The smallest absolute Gasteiger partial charge is 0.164 e. The quantitative estimate of drug-likeness (QED) is 0.179. The van der Waals surface area contributed by atoms with E-state index in [2.05, 4.69) is 6.07 Å². The van der Waals surface area contributed by atoms with E-state index in [9.17, 15) is 5.48 Å². The van der Waals surface area contributed by atoms with Crippen LogP contribution >= 0.6 is 11.3 Å². The highest BCUT2D eigenvalue weighted by Gasteiger charge is 2.18. The van der Waals surface area contributed by atoms with Gasteiger partial charge in [0.2, 0.25) is 0 Å². The summed E-state index contributed by atoms with van der Waals surface area (Å²) in [6.45, 7) is 0. The molecule has 0 bridgehead atoms. The second kappa shape index (κ2) is 12.4. The summed E-state index contributed by atoms with van der Waals surface area (Å²) in [6.07, 6.45) is 0. The number of hydrogen-bond donors (Lipinski definition) is 0. The first-order valence-electron chi connectivity index (χ1n) is 21.0. The summed E-state index contributed by atoms with van der Waals surface area (Å²) in [5, 5.41) is -0.0232. The highest BCUT2D eigenvalue weighted by atomic mass is 32.1. The van der Waals surface area contributed by atoms with E-state index in [0.29, 0.717) is 11.1 Å². The lowest BCUT2D eigenvalue weighted by molar-refractivity contribution is 1.07. The Kier molecular flexibility index (Phi) is 4.96. The average molecular weight is 655 g/mol. The van der Waals surface area contributed by atoms with Crippen molar-refractivity contribution in [1.82, 2.24) is 15.0 Å². The lowest BCUT2D eigenvalue weighted by Gasteiger charge is -2.14. The second-order valence-electron chi connectivity index (χ2n) is 11.2. The van der Waals surface area contributed by atoms with Crippen LogP contribution in [0.2, 0.25) is 0 Å². The predicted molar refractivity (Wildman–Crippen MR) is 205 cm³/mol. The number of nitrogens with zero attached hydrogens (tertiary/aromatic N) is 3. The molecule has 0 saturated heterocycles. The van der Waals surface area contributed by atoms with Crippen LogP contribution in [0.25, 0.3) is 87.7 Å². The molecule has 0 aliphatic carbocycles. The van der Waals surface area contributed by atoms with Gasteiger partial charge in [0, 0.05) is 36.9 Å². The minimum atomic E-state index is -0.658. The standard InChI is InChI=1S/C45H29N3S/c1-5-13-30(14-6-1)34-21-25-38(39(27-34)32-17-9-3-10-18-32)45-47-43(33-19-11-4-12-20-33)46-44(48-45)36-22-24-37-40-28-35(31-15-7-2-8-16-31)23-26-41(40)49-42(37)29-36/h1-29H/i2D,7D,8D,15D,16D,22D,23D,24D,26D,28D,29D. The van der Waals surface area contributed by atoms with Gasteiger partial charge in [-0.1, -0.05) is 145 Å². The fourth-order valence-corrected chi connectivity index (χ4v) is 6.70. The lowest BCUT2D eigenvalue weighted by Crippen LogP contribution is -2.01. The van der Waals surface area contributed by atoms with E-state index in [1.807, 2.05) is 103 Å². The van der Waals surface area contributed by atoms with Gasteiger partial charge in [-0.3, -0.25) is 0 Å². The Hall–Kier alpha value is -6.23. The van der Waals surface area contributed by atoms with Crippen LogP contribution in [-0.2, 0) is 0 Å². The van der Waals surface area contributed by atoms with Crippen molar-refractivity contribution in [3.8, 4) is 67.5 Å². The summed E-state index contributed by atoms with van der Waals surface area (Å²) in [5.41, 5.74) is 4.19. The summed E-state index contributed by atoms with van der Waals surface area (Å²) < 4.78 is 97.3.